The minimum Gasteiger partial charge on any atom is -0.357 e. The quantitative estimate of drug-likeness (QED) is 0.504. The zero-order chi connectivity index (χ0) is 20.6. The van der Waals surface area contributed by atoms with Crippen LogP contribution in [0.1, 0.15) is 46.0 Å². The van der Waals surface area contributed by atoms with Crippen molar-refractivity contribution in [2.24, 2.45) is 10.9 Å². The molecule has 9 heteroatoms. The van der Waals surface area contributed by atoms with Gasteiger partial charge in [0.2, 0.25) is 5.91 Å². The van der Waals surface area contributed by atoms with E-state index in [2.05, 4.69) is 15.6 Å². The molecule has 0 spiro atoms. The number of aliphatic imine (C=N–C) groups is 1. The van der Waals surface area contributed by atoms with Gasteiger partial charge in [0.05, 0.1) is 6.54 Å². The average molecular weight is 406 g/mol. The molecule has 162 valence electrons. The van der Waals surface area contributed by atoms with Crippen LogP contribution in [0.25, 0.3) is 0 Å². The fourth-order valence-corrected chi connectivity index (χ4v) is 3.89. The molecule has 2 aliphatic rings. The van der Waals surface area contributed by atoms with Crippen molar-refractivity contribution in [2.75, 3.05) is 45.8 Å². The number of carbonyl (C=O) groups is 1. The molecule has 0 aromatic carbocycles. The van der Waals surface area contributed by atoms with Gasteiger partial charge in [-0.2, -0.15) is 13.2 Å². The van der Waals surface area contributed by atoms with Crippen molar-refractivity contribution in [1.82, 2.24) is 20.4 Å². The van der Waals surface area contributed by atoms with Crippen LogP contribution >= 0.6 is 0 Å². The molecule has 28 heavy (non-hydrogen) atoms. The minimum absolute atomic E-state index is 0.183. The lowest BCUT2D eigenvalue weighted by atomic mass is 9.93. The van der Waals surface area contributed by atoms with Gasteiger partial charge in [-0.25, -0.2) is 0 Å². The van der Waals surface area contributed by atoms with Crippen LogP contribution in [0.3, 0.4) is 0 Å². The van der Waals surface area contributed by atoms with E-state index in [-0.39, 0.29) is 11.9 Å². The first-order valence-corrected chi connectivity index (χ1v) is 10.4. The Morgan fingerprint density at radius 2 is 1.86 bits per heavy atom. The van der Waals surface area contributed by atoms with E-state index in [9.17, 15) is 18.0 Å². The van der Waals surface area contributed by atoms with Crippen molar-refractivity contribution in [3.05, 3.63) is 0 Å². The smallest absolute Gasteiger partial charge is 0.357 e. The molecule has 0 aromatic rings. The van der Waals surface area contributed by atoms with E-state index in [1.807, 2.05) is 18.7 Å². The van der Waals surface area contributed by atoms with Gasteiger partial charge in [-0.15, -0.1) is 0 Å². The molecular weight excluding hydrogens is 371 g/mol. The van der Waals surface area contributed by atoms with Crippen LogP contribution in [0.2, 0.25) is 0 Å². The van der Waals surface area contributed by atoms with Gasteiger partial charge in [0, 0.05) is 38.6 Å². The third-order valence-electron chi connectivity index (χ3n) is 5.45. The van der Waals surface area contributed by atoms with E-state index >= 15 is 0 Å². The van der Waals surface area contributed by atoms with Gasteiger partial charge in [0.25, 0.3) is 0 Å². The number of piperidine rings is 1. The van der Waals surface area contributed by atoms with Crippen molar-refractivity contribution in [1.29, 1.82) is 0 Å². The molecule has 2 fully saturated rings. The van der Waals surface area contributed by atoms with E-state index in [4.69, 9.17) is 0 Å². The van der Waals surface area contributed by atoms with Crippen LogP contribution in [0.5, 0.6) is 0 Å². The van der Waals surface area contributed by atoms with Gasteiger partial charge < -0.3 is 15.5 Å². The van der Waals surface area contributed by atoms with Crippen LogP contribution in [-0.4, -0.2) is 79.7 Å². The summed E-state index contributed by atoms with van der Waals surface area (Å²) in [6.07, 6.45) is -0.183. The second kappa shape index (κ2) is 10.9. The maximum absolute atomic E-state index is 12.5. The zero-order valence-corrected chi connectivity index (χ0v) is 17.0. The summed E-state index contributed by atoms with van der Waals surface area (Å²) < 4.78 is 37.4. The van der Waals surface area contributed by atoms with Gasteiger partial charge in [0.15, 0.2) is 5.96 Å². The normalized spacial score (nSPS) is 22.5. The fourth-order valence-electron chi connectivity index (χ4n) is 3.89. The van der Waals surface area contributed by atoms with Gasteiger partial charge in [-0.1, -0.05) is 6.92 Å². The van der Waals surface area contributed by atoms with Crippen molar-refractivity contribution < 1.29 is 18.0 Å². The number of likely N-dealkylation sites (tertiary alicyclic amines) is 2. The Morgan fingerprint density at radius 3 is 2.46 bits per heavy atom. The van der Waals surface area contributed by atoms with Crippen LogP contribution in [0.15, 0.2) is 4.99 Å². The van der Waals surface area contributed by atoms with Crippen molar-refractivity contribution in [2.45, 2.75) is 58.2 Å². The summed E-state index contributed by atoms with van der Waals surface area (Å²) in [7, 11) is 0. The number of hydrogen-bond acceptors (Lipinski definition) is 3. The molecule has 1 atom stereocenters. The molecule has 0 bridgehead atoms. The molecular formula is C19H34F3N5O. The van der Waals surface area contributed by atoms with Gasteiger partial charge in [-0.3, -0.25) is 14.7 Å². The van der Waals surface area contributed by atoms with Crippen molar-refractivity contribution in [3.8, 4) is 0 Å². The summed E-state index contributed by atoms with van der Waals surface area (Å²) in [5.74, 6) is 1.37. The first kappa shape index (κ1) is 22.8. The summed E-state index contributed by atoms with van der Waals surface area (Å²) >= 11 is 0. The summed E-state index contributed by atoms with van der Waals surface area (Å²) in [4.78, 5) is 19.8. The molecule has 1 unspecified atom stereocenters. The Balaban J connectivity index is 1.72. The number of guanidine groups is 1. The summed E-state index contributed by atoms with van der Waals surface area (Å²) in [5, 5.41) is 6.65. The Hall–Kier alpha value is -1.51. The van der Waals surface area contributed by atoms with Crippen LogP contribution in [0.4, 0.5) is 13.2 Å². The van der Waals surface area contributed by atoms with Crippen LogP contribution in [0, 0.1) is 5.92 Å². The molecule has 0 radical (unpaired) electrons. The van der Waals surface area contributed by atoms with Crippen LogP contribution in [-0.2, 0) is 4.79 Å². The second-order valence-corrected chi connectivity index (χ2v) is 7.71. The lowest BCUT2D eigenvalue weighted by Gasteiger charge is -2.32. The monoisotopic (exact) mass is 405 g/mol. The third kappa shape index (κ3) is 7.85. The molecule has 2 saturated heterocycles. The number of amides is 1. The summed E-state index contributed by atoms with van der Waals surface area (Å²) in [5.41, 5.74) is 0. The maximum Gasteiger partial charge on any atom is 0.401 e. The Bertz CT molecular complexity index is 518. The van der Waals surface area contributed by atoms with E-state index in [0.717, 1.165) is 44.7 Å². The predicted octanol–water partition coefficient (Wildman–Crippen LogP) is 2.22. The number of nitrogens with zero attached hydrogens (tertiary/aromatic N) is 3. The standard InChI is InChI=1S/C19H34F3N5O/c1-3-17(28)27-12-8-16(13-27)25-18(23-4-2)24-9-5-15-6-10-26(11-7-15)14-19(20,21)22/h15-16H,3-14H2,1-2H3,(H2,23,24,25). The topological polar surface area (TPSA) is 60.0 Å². The summed E-state index contributed by atoms with van der Waals surface area (Å²) in [6, 6.07) is 0.207. The highest BCUT2D eigenvalue weighted by atomic mass is 19.4. The average Bonchev–Trinajstić information content (AvgIpc) is 3.10. The van der Waals surface area contributed by atoms with Crippen molar-refractivity contribution in [3.63, 3.8) is 0 Å². The van der Waals surface area contributed by atoms with E-state index < -0.39 is 12.7 Å². The molecule has 2 aliphatic heterocycles. The molecule has 2 N–H and O–H groups in total. The first-order chi connectivity index (χ1) is 13.3. The lowest BCUT2D eigenvalue weighted by Crippen LogP contribution is -2.45. The molecule has 1 amide bonds. The second-order valence-electron chi connectivity index (χ2n) is 7.71. The molecule has 2 rings (SSSR count). The maximum atomic E-state index is 12.5. The van der Waals surface area contributed by atoms with Gasteiger partial charge >= 0.3 is 6.18 Å². The van der Waals surface area contributed by atoms with E-state index in [1.165, 1.54) is 4.90 Å². The first-order valence-electron chi connectivity index (χ1n) is 10.4. The number of nitrogens with one attached hydrogen (secondary N) is 2. The Morgan fingerprint density at radius 1 is 1.14 bits per heavy atom. The molecule has 0 aromatic heterocycles. The molecule has 6 nitrogen and oxygen atoms in total. The van der Waals surface area contributed by atoms with Crippen LogP contribution < -0.4 is 10.6 Å². The fraction of sp³-hybridized carbons (Fsp3) is 0.895. The highest BCUT2D eigenvalue weighted by molar-refractivity contribution is 5.80. The van der Waals surface area contributed by atoms with Crippen molar-refractivity contribution >= 4 is 11.9 Å². The van der Waals surface area contributed by atoms with Gasteiger partial charge in [0.1, 0.15) is 0 Å². The number of hydrogen-bond donors (Lipinski definition) is 2. The Labute approximate surface area is 165 Å². The van der Waals surface area contributed by atoms with E-state index in [1.54, 1.807) is 0 Å². The number of alkyl halides is 3. The SMILES string of the molecule is CCNC(=NCCC1CCN(CC(F)(F)F)CC1)NC1CCN(C(=O)CC)C1. The molecule has 0 aliphatic carbocycles. The molecule has 2 heterocycles. The number of halogens is 3. The zero-order valence-electron chi connectivity index (χ0n) is 17.0. The lowest BCUT2D eigenvalue weighted by molar-refractivity contribution is -0.148. The van der Waals surface area contributed by atoms with Gasteiger partial charge in [-0.05, 0) is 51.6 Å². The summed E-state index contributed by atoms with van der Waals surface area (Å²) in [6.45, 7) is 7.00. The third-order valence-corrected chi connectivity index (χ3v) is 5.45. The highest BCUT2D eigenvalue weighted by Gasteiger charge is 2.32. The van der Waals surface area contributed by atoms with E-state index in [0.29, 0.717) is 38.5 Å². The highest BCUT2D eigenvalue weighted by Crippen LogP contribution is 2.24. The molecule has 0 saturated carbocycles. The Kier molecular flexibility index (Phi) is 8.85. The minimum atomic E-state index is -4.11. The largest absolute Gasteiger partial charge is 0.401 e. The number of rotatable bonds is 7. The number of carbonyl (C=O) groups excluding carboxylic acids is 1. The predicted molar refractivity (Wildman–Crippen MR) is 104 cm³/mol.